The van der Waals surface area contributed by atoms with E-state index >= 15 is 0 Å². The quantitative estimate of drug-likeness (QED) is 0.759. The summed E-state index contributed by atoms with van der Waals surface area (Å²) < 4.78 is 0. The predicted octanol–water partition coefficient (Wildman–Crippen LogP) is 3.98. The lowest BCUT2D eigenvalue weighted by Gasteiger charge is -2.24. The number of pyridine rings is 1. The summed E-state index contributed by atoms with van der Waals surface area (Å²) in [5, 5.41) is 7.98. The number of hydrogen-bond acceptors (Lipinski definition) is 4. The van der Waals surface area contributed by atoms with E-state index in [9.17, 15) is 0 Å². The number of nitrogens with two attached hydrogens (primary N) is 1. The largest absolute Gasteiger partial charge is 0.384 e. The fourth-order valence-electron chi connectivity index (χ4n) is 4.13. The lowest BCUT2D eigenvalue weighted by Crippen LogP contribution is -2.23. The smallest absolute Gasteiger partial charge is 0.183 e. The van der Waals surface area contributed by atoms with Gasteiger partial charge in [0.25, 0.3) is 0 Å². The topological polar surface area (TPSA) is 70.8 Å². The van der Waals surface area contributed by atoms with Gasteiger partial charge in [-0.05, 0) is 69.5 Å². The van der Waals surface area contributed by atoms with Crippen molar-refractivity contribution in [3.63, 3.8) is 0 Å². The summed E-state index contributed by atoms with van der Waals surface area (Å²) in [5.74, 6) is 0.586. The van der Waals surface area contributed by atoms with Crippen LogP contribution in [0.4, 0.5) is 5.82 Å². The molecule has 0 spiro atoms. The second-order valence-corrected chi connectivity index (χ2v) is 7.08. The fourth-order valence-corrected chi connectivity index (χ4v) is 4.13. The van der Waals surface area contributed by atoms with Crippen LogP contribution >= 0.6 is 0 Å². The first-order valence-corrected chi connectivity index (χ1v) is 9.01. The monoisotopic (exact) mass is 335 g/mol. The maximum absolute atomic E-state index is 6.07. The SMILES string of the molecule is Cc1nc2n[nH]c(N)c2c(C)c1-c1cccc([C@H](C)N2CCCC2)c1. The molecule has 5 nitrogen and oxygen atoms in total. The summed E-state index contributed by atoms with van der Waals surface area (Å²) in [4.78, 5) is 7.22. The molecule has 0 unspecified atom stereocenters. The van der Waals surface area contributed by atoms with E-state index in [1.807, 2.05) is 6.92 Å². The van der Waals surface area contributed by atoms with Gasteiger partial charge in [-0.3, -0.25) is 10.00 Å². The number of aromatic nitrogens is 3. The van der Waals surface area contributed by atoms with Gasteiger partial charge in [-0.2, -0.15) is 5.10 Å². The van der Waals surface area contributed by atoms with Gasteiger partial charge in [-0.25, -0.2) is 4.98 Å². The Balaban J connectivity index is 1.81. The zero-order valence-electron chi connectivity index (χ0n) is 15.1. The van der Waals surface area contributed by atoms with Crippen molar-refractivity contribution < 1.29 is 0 Å². The highest BCUT2D eigenvalue weighted by Crippen LogP contribution is 2.35. The average Bonchev–Trinajstić information content (AvgIpc) is 3.25. The van der Waals surface area contributed by atoms with E-state index in [0.717, 1.165) is 22.2 Å². The highest BCUT2D eigenvalue weighted by molar-refractivity contribution is 5.94. The molecule has 1 fully saturated rings. The van der Waals surface area contributed by atoms with E-state index in [4.69, 9.17) is 5.73 Å². The molecule has 2 aromatic heterocycles. The van der Waals surface area contributed by atoms with Crippen LogP contribution in [0.25, 0.3) is 22.2 Å². The van der Waals surface area contributed by atoms with Gasteiger partial charge in [-0.1, -0.05) is 18.2 Å². The second kappa shape index (κ2) is 6.15. The first-order valence-electron chi connectivity index (χ1n) is 9.01. The third-order valence-corrected chi connectivity index (χ3v) is 5.51. The van der Waals surface area contributed by atoms with Crippen LogP contribution in [0.2, 0.25) is 0 Å². The van der Waals surface area contributed by atoms with E-state index in [2.05, 4.69) is 58.2 Å². The molecule has 3 heterocycles. The van der Waals surface area contributed by atoms with Crippen LogP contribution in [-0.4, -0.2) is 33.2 Å². The third-order valence-electron chi connectivity index (χ3n) is 5.51. The minimum Gasteiger partial charge on any atom is -0.384 e. The van der Waals surface area contributed by atoms with Crippen molar-refractivity contribution in [2.24, 2.45) is 0 Å². The van der Waals surface area contributed by atoms with Gasteiger partial charge in [0.1, 0.15) is 5.82 Å². The summed E-state index contributed by atoms with van der Waals surface area (Å²) in [6, 6.07) is 9.30. The molecule has 4 rings (SSSR count). The molecule has 3 aromatic rings. The Labute approximate surface area is 148 Å². The molecule has 1 saturated heterocycles. The van der Waals surface area contributed by atoms with Crippen LogP contribution in [-0.2, 0) is 0 Å². The van der Waals surface area contributed by atoms with Crippen LogP contribution in [0.1, 0.15) is 42.6 Å². The highest BCUT2D eigenvalue weighted by Gasteiger charge is 2.21. The number of hydrogen-bond donors (Lipinski definition) is 2. The Morgan fingerprint density at radius 3 is 2.72 bits per heavy atom. The second-order valence-electron chi connectivity index (χ2n) is 7.08. The van der Waals surface area contributed by atoms with Gasteiger partial charge < -0.3 is 5.73 Å². The molecule has 0 bridgehead atoms. The van der Waals surface area contributed by atoms with E-state index in [1.165, 1.54) is 37.1 Å². The lowest BCUT2D eigenvalue weighted by atomic mass is 9.94. The van der Waals surface area contributed by atoms with Crippen LogP contribution in [0.15, 0.2) is 24.3 Å². The number of nitrogens with zero attached hydrogens (tertiary/aromatic N) is 3. The summed E-state index contributed by atoms with van der Waals surface area (Å²) in [6.45, 7) is 8.85. The number of likely N-dealkylation sites (tertiary alicyclic amines) is 1. The molecule has 1 aromatic carbocycles. The number of anilines is 1. The molecular weight excluding hydrogens is 310 g/mol. The number of fused-ring (bicyclic) bond motifs is 1. The van der Waals surface area contributed by atoms with Crippen LogP contribution in [0.3, 0.4) is 0 Å². The van der Waals surface area contributed by atoms with Gasteiger partial charge in [-0.15, -0.1) is 0 Å². The molecule has 0 amide bonds. The molecule has 130 valence electrons. The lowest BCUT2D eigenvalue weighted by molar-refractivity contribution is 0.263. The molecular formula is C20H25N5. The van der Waals surface area contributed by atoms with E-state index in [-0.39, 0.29) is 0 Å². The average molecular weight is 335 g/mol. The maximum atomic E-state index is 6.07. The van der Waals surface area contributed by atoms with Gasteiger partial charge in [0.05, 0.1) is 5.39 Å². The number of nitrogens with one attached hydrogen (secondary N) is 1. The molecule has 5 heteroatoms. The minimum absolute atomic E-state index is 0.443. The van der Waals surface area contributed by atoms with Crippen molar-refractivity contribution >= 4 is 16.9 Å². The molecule has 25 heavy (non-hydrogen) atoms. The Morgan fingerprint density at radius 1 is 1.20 bits per heavy atom. The van der Waals surface area contributed by atoms with Crippen molar-refractivity contribution in [1.29, 1.82) is 0 Å². The molecule has 0 saturated carbocycles. The van der Waals surface area contributed by atoms with Crippen molar-refractivity contribution in [1.82, 2.24) is 20.1 Å². The molecule has 3 N–H and O–H groups in total. The van der Waals surface area contributed by atoms with Crippen molar-refractivity contribution in [3.8, 4) is 11.1 Å². The van der Waals surface area contributed by atoms with Gasteiger partial charge in [0.2, 0.25) is 0 Å². The minimum atomic E-state index is 0.443. The number of aryl methyl sites for hydroxylation is 2. The summed E-state index contributed by atoms with van der Waals surface area (Å²) >= 11 is 0. The van der Waals surface area contributed by atoms with E-state index < -0.39 is 0 Å². The molecule has 1 aliphatic heterocycles. The Bertz CT molecular complexity index is 921. The number of H-pyrrole nitrogens is 1. The fraction of sp³-hybridized carbons (Fsp3) is 0.400. The molecule has 1 aliphatic rings. The number of rotatable bonds is 3. The van der Waals surface area contributed by atoms with Crippen LogP contribution in [0.5, 0.6) is 0 Å². The number of nitrogen functional groups attached to an aromatic ring is 1. The zero-order chi connectivity index (χ0) is 17.6. The number of benzene rings is 1. The van der Waals surface area contributed by atoms with Gasteiger partial charge >= 0.3 is 0 Å². The highest BCUT2D eigenvalue weighted by atomic mass is 15.2. The zero-order valence-corrected chi connectivity index (χ0v) is 15.1. The van der Waals surface area contributed by atoms with E-state index in [1.54, 1.807) is 0 Å². The van der Waals surface area contributed by atoms with Crippen LogP contribution < -0.4 is 5.73 Å². The standard InChI is InChI=1S/C20H25N5/c1-12-17(13(2)22-20-18(12)19(21)23-24-20)16-8-6-7-15(11-16)14(3)25-9-4-5-10-25/h6-8,11,14H,4-5,9-10H2,1-3H3,(H3,21,22,23,24)/t14-/m0/s1. The van der Waals surface area contributed by atoms with Crippen molar-refractivity contribution in [2.75, 3.05) is 18.8 Å². The molecule has 1 atom stereocenters. The van der Waals surface area contributed by atoms with Crippen molar-refractivity contribution in [2.45, 2.75) is 39.7 Å². The first-order chi connectivity index (χ1) is 12.1. The summed E-state index contributed by atoms with van der Waals surface area (Å²) in [6.07, 6.45) is 2.62. The first kappa shape index (κ1) is 16.1. The summed E-state index contributed by atoms with van der Waals surface area (Å²) in [7, 11) is 0. The van der Waals surface area contributed by atoms with Gasteiger partial charge in [0.15, 0.2) is 5.65 Å². The number of aromatic amines is 1. The Kier molecular flexibility index (Phi) is 3.96. The predicted molar refractivity (Wildman–Crippen MR) is 102 cm³/mol. The Morgan fingerprint density at radius 2 is 1.96 bits per heavy atom. The van der Waals surface area contributed by atoms with Gasteiger partial charge in [0, 0.05) is 17.3 Å². The third kappa shape index (κ3) is 2.68. The summed E-state index contributed by atoms with van der Waals surface area (Å²) in [5.41, 5.74) is 12.6. The molecule has 0 aliphatic carbocycles. The maximum Gasteiger partial charge on any atom is 0.183 e. The van der Waals surface area contributed by atoms with Crippen molar-refractivity contribution in [3.05, 3.63) is 41.1 Å². The van der Waals surface area contributed by atoms with Crippen LogP contribution in [0, 0.1) is 13.8 Å². The Hall–Kier alpha value is -2.40. The normalized spacial score (nSPS) is 16.6. The molecule has 0 radical (unpaired) electrons. The van der Waals surface area contributed by atoms with E-state index in [0.29, 0.717) is 17.5 Å².